The number of aromatic nitrogens is 2. The average Bonchev–Trinajstić information content (AvgIpc) is 3.75. The summed E-state index contributed by atoms with van der Waals surface area (Å²) in [7, 11) is -2.27. The molecule has 0 radical (unpaired) electrons. The van der Waals surface area contributed by atoms with E-state index in [1.807, 2.05) is 30.3 Å². The van der Waals surface area contributed by atoms with Crippen LogP contribution in [0.5, 0.6) is 0 Å². The lowest BCUT2D eigenvalue weighted by atomic mass is 9.96. The fourth-order valence-corrected chi connectivity index (χ4v) is 6.91. The Morgan fingerprint density at radius 3 is 2.40 bits per heavy atom. The van der Waals surface area contributed by atoms with Gasteiger partial charge in [0.25, 0.3) is 10.0 Å². The van der Waals surface area contributed by atoms with Crippen molar-refractivity contribution < 1.29 is 22.2 Å². The van der Waals surface area contributed by atoms with E-state index in [1.54, 1.807) is 56.3 Å². The quantitative estimate of drug-likeness (QED) is 0.216. The zero-order valence-electron chi connectivity index (χ0n) is 24.2. The molecule has 2 heterocycles. The predicted molar refractivity (Wildman–Crippen MR) is 163 cm³/mol. The van der Waals surface area contributed by atoms with Crippen LogP contribution in [-0.4, -0.2) is 36.4 Å². The minimum absolute atomic E-state index is 0.0315. The molecule has 0 unspecified atom stereocenters. The van der Waals surface area contributed by atoms with Crippen LogP contribution in [0.2, 0.25) is 0 Å². The first-order valence-electron chi connectivity index (χ1n) is 14.1. The molecule has 6 rings (SSSR count). The summed E-state index contributed by atoms with van der Waals surface area (Å²) in [6.45, 7) is 3.76. The lowest BCUT2D eigenvalue weighted by Gasteiger charge is -2.22. The third-order valence-corrected chi connectivity index (χ3v) is 9.46. The van der Waals surface area contributed by atoms with Gasteiger partial charge in [0, 0.05) is 36.7 Å². The van der Waals surface area contributed by atoms with E-state index < -0.39 is 10.0 Å². The SMILES string of the molecule is Cc1noc(NS(=O)(=O)c2ccccc2-c2ccc(-c3ncco3)cc2CN(C)C(=O)CC2Cc3ccccc3C2)c1C. The highest BCUT2D eigenvalue weighted by atomic mass is 32.2. The lowest BCUT2D eigenvalue weighted by Crippen LogP contribution is -2.28. The van der Waals surface area contributed by atoms with Crippen LogP contribution in [-0.2, 0) is 34.2 Å². The van der Waals surface area contributed by atoms with Gasteiger partial charge >= 0.3 is 0 Å². The molecule has 0 saturated heterocycles. The van der Waals surface area contributed by atoms with Crippen LogP contribution in [0.4, 0.5) is 5.88 Å². The van der Waals surface area contributed by atoms with Gasteiger partial charge in [0.2, 0.25) is 17.7 Å². The molecule has 1 amide bonds. The molecule has 220 valence electrons. The maximum atomic E-state index is 13.7. The molecule has 0 atom stereocenters. The summed E-state index contributed by atoms with van der Waals surface area (Å²) < 4.78 is 40.6. The van der Waals surface area contributed by atoms with Crippen molar-refractivity contribution in [3.63, 3.8) is 0 Å². The molecule has 0 fully saturated rings. The van der Waals surface area contributed by atoms with Crippen LogP contribution in [0.1, 0.15) is 34.4 Å². The van der Waals surface area contributed by atoms with Crippen molar-refractivity contribution in [3.05, 3.63) is 107 Å². The van der Waals surface area contributed by atoms with E-state index in [2.05, 4.69) is 27.0 Å². The zero-order valence-corrected chi connectivity index (χ0v) is 25.0. The summed E-state index contributed by atoms with van der Waals surface area (Å²) in [6.07, 6.45) is 5.29. The number of hydrogen-bond donors (Lipinski definition) is 1. The first-order chi connectivity index (χ1) is 20.7. The second-order valence-electron chi connectivity index (χ2n) is 11.0. The number of benzene rings is 3. The maximum absolute atomic E-state index is 13.7. The molecule has 9 nitrogen and oxygen atoms in total. The van der Waals surface area contributed by atoms with Gasteiger partial charge in [0.05, 0.1) is 16.8 Å². The first-order valence-corrected chi connectivity index (χ1v) is 15.6. The average molecular weight is 597 g/mol. The number of carbonyl (C=O) groups is 1. The van der Waals surface area contributed by atoms with Gasteiger partial charge in [-0.3, -0.25) is 4.79 Å². The number of nitrogens with zero attached hydrogens (tertiary/aromatic N) is 3. The van der Waals surface area contributed by atoms with Gasteiger partial charge in [-0.05, 0) is 73.1 Å². The van der Waals surface area contributed by atoms with Gasteiger partial charge < -0.3 is 13.8 Å². The van der Waals surface area contributed by atoms with Crippen molar-refractivity contribution >= 4 is 21.8 Å². The van der Waals surface area contributed by atoms with Gasteiger partial charge in [0.15, 0.2) is 0 Å². The summed E-state index contributed by atoms with van der Waals surface area (Å²) in [5.74, 6) is 0.796. The Morgan fingerprint density at radius 1 is 1.00 bits per heavy atom. The number of hydrogen-bond acceptors (Lipinski definition) is 7. The Kier molecular flexibility index (Phi) is 7.62. The van der Waals surface area contributed by atoms with E-state index in [0.717, 1.165) is 24.0 Å². The van der Waals surface area contributed by atoms with Gasteiger partial charge in [-0.2, -0.15) is 0 Å². The number of sulfonamides is 1. The molecule has 10 heteroatoms. The van der Waals surface area contributed by atoms with E-state index in [-0.39, 0.29) is 29.1 Å². The molecule has 0 aliphatic heterocycles. The van der Waals surface area contributed by atoms with E-state index in [0.29, 0.717) is 34.7 Å². The molecule has 0 spiro atoms. The second kappa shape index (κ2) is 11.5. The number of anilines is 1. The number of oxazole rings is 1. The number of rotatable bonds is 9. The Hall–Kier alpha value is -4.70. The normalized spacial score (nSPS) is 13.2. The van der Waals surface area contributed by atoms with Crippen LogP contribution in [0.25, 0.3) is 22.6 Å². The van der Waals surface area contributed by atoms with Gasteiger partial charge in [-0.25, -0.2) is 18.1 Å². The van der Waals surface area contributed by atoms with Gasteiger partial charge in [-0.1, -0.05) is 53.7 Å². The Morgan fingerprint density at radius 2 is 1.72 bits per heavy atom. The summed E-state index contributed by atoms with van der Waals surface area (Å²) in [5, 5.41) is 3.87. The second-order valence-corrected chi connectivity index (χ2v) is 12.7. The van der Waals surface area contributed by atoms with E-state index in [1.165, 1.54) is 17.4 Å². The van der Waals surface area contributed by atoms with Crippen molar-refractivity contribution in [1.82, 2.24) is 15.0 Å². The fraction of sp³-hybridized carbons (Fsp3) is 0.242. The number of amides is 1. The maximum Gasteiger partial charge on any atom is 0.264 e. The molecule has 1 aliphatic rings. The van der Waals surface area contributed by atoms with Crippen molar-refractivity contribution in [1.29, 1.82) is 0 Å². The molecule has 0 bridgehead atoms. The third kappa shape index (κ3) is 5.83. The molecule has 2 aromatic heterocycles. The largest absolute Gasteiger partial charge is 0.445 e. The number of fused-ring (bicyclic) bond motifs is 1. The fourth-order valence-electron chi connectivity index (χ4n) is 5.64. The summed E-state index contributed by atoms with van der Waals surface area (Å²) in [4.78, 5) is 19.5. The summed E-state index contributed by atoms with van der Waals surface area (Å²) in [5.41, 5.74) is 6.49. The molecular formula is C33H32N4O5S. The number of nitrogens with one attached hydrogen (secondary N) is 1. The Balaban J connectivity index is 1.32. The monoisotopic (exact) mass is 596 g/mol. The summed E-state index contributed by atoms with van der Waals surface area (Å²) >= 11 is 0. The van der Waals surface area contributed by atoms with E-state index in [4.69, 9.17) is 8.94 Å². The molecule has 5 aromatic rings. The van der Waals surface area contributed by atoms with Crippen LogP contribution in [0.3, 0.4) is 0 Å². The zero-order chi connectivity index (χ0) is 30.1. The molecule has 1 N–H and O–H groups in total. The van der Waals surface area contributed by atoms with Crippen molar-refractivity contribution in [2.45, 2.75) is 44.6 Å². The van der Waals surface area contributed by atoms with E-state index in [9.17, 15) is 13.2 Å². The first kappa shape index (κ1) is 28.4. The molecule has 0 saturated carbocycles. The van der Waals surface area contributed by atoms with Crippen LogP contribution in [0.15, 0.2) is 93.0 Å². The van der Waals surface area contributed by atoms with Crippen molar-refractivity contribution in [2.75, 3.05) is 11.8 Å². The van der Waals surface area contributed by atoms with Crippen LogP contribution in [0, 0.1) is 19.8 Å². The van der Waals surface area contributed by atoms with Crippen molar-refractivity contribution in [2.24, 2.45) is 5.92 Å². The van der Waals surface area contributed by atoms with Crippen LogP contribution >= 0.6 is 0 Å². The minimum Gasteiger partial charge on any atom is -0.445 e. The standard InChI is InChI=1S/C33H32N4O5S/c1-21-22(2)35-42-32(21)36-43(39,40)30-11-7-6-10-29(30)28-13-12-26(33-34-14-15-41-33)19-27(28)20-37(3)31(38)18-23-16-24-8-4-5-9-25(24)17-23/h4-15,19,23,36H,16-18,20H2,1-3H3. The smallest absolute Gasteiger partial charge is 0.264 e. The predicted octanol–water partition coefficient (Wildman–Crippen LogP) is 6.18. The van der Waals surface area contributed by atoms with Crippen LogP contribution < -0.4 is 4.72 Å². The van der Waals surface area contributed by atoms with Crippen molar-refractivity contribution in [3.8, 4) is 22.6 Å². The number of carbonyl (C=O) groups excluding carboxylic acids is 1. The third-order valence-electron chi connectivity index (χ3n) is 8.07. The highest BCUT2D eigenvalue weighted by molar-refractivity contribution is 7.92. The highest BCUT2D eigenvalue weighted by Gasteiger charge is 2.27. The van der Waals surface area contributed by atoms with E-state index >= 15 is 0 Å². The number of aryl methyl sites for hydroxylation is 1. The van der Waals surface area contributed by atoms with Gasteiger partial charge in [-0.15, -0.1) is 0 Å². The van der Waals surface area contributed by atoms with Gasteiger partial charge in [0.1, 0.15) is 6.26 Å². The molecule has 1 aliphatic carbocycles. The Bertz CT molecular complexity index is 1870. The topological polar surface area (TPSA) is 119 Å². The minimum atomic E-state index is -4.05. The molecular weight excluding hydrogens is 564 g/mol. The lowest BCUT2D eigenvalue weighted by molar-refractivity contribution is -0.131. The Labute approximate surface area is 250 Å². The molecule has 43 heavy (non-hydrogen) atoms. The summed E-state index contributed by atoms with van der Waals surface area (Å²) in [6, 6.07) is 20.7. The highest BCUT2D eigenvalue weighted by Crippen LogP contribution is 2.35. The molecule has 3 aromatic carbocycles.